The van der Waals surface area contributed by atoms with Gasteiger partial charge in [0.1, 0.15) is 18.1 Å². The minimum absolute atomic E-state index is 0.0199. The number of rotatable bonds is 6. The van der Waals surface area contributed by atoms with Gasteiger partial charge in [0.2, 0.25) is 5.91 Å². The van der Waals surface area contributed by atoms with Crippen molar-refractivity contribution in [1.29, 1.82) is 0 Å². The molecule has 0 spiro atoms. The largest absolute Gasteiger partial charge is 0.495 e. The number of esters is 1. The molecular formula is C18H17N3O4S. The first-order chi connectivity index (χ1) is 12.6. The number of anilines is 2. The van der Waals surface area contributed by atoms with Crippen LogP contribution in [0.3, 0.4) is 0 Å². The molecule has 0 atom stereocenters. The van der Waals surface area contributed by atoms with Crippen LogP contribution in [0.15, 0.2) is 48.0 Å². The number of aromatic amines is 1. The summed E-state index contributed by atoms with van der Waals surface area (Å²) in [5.41, 5.74) is 1.54. The number of hydrogen-bond acceptors (Lipinski definition) is 6. The van der Waals surface area contributed by atoms with Crippen LogP contribution in [0.1, 0.15) is 23.1 Å². The maximum absolute atomic E-state index is 12.2. The first-order valence-corrected chi connectivity index (χ1v) is 8.66. The van der Waals surface area contributed by atoms with Crippen LogP contribution in [0.4, 0.5) is 10.8 Å². The number of para-hydroxylation sites is 2. The smallest absolute Gasteiger partial charge is 0.355 e. The van der Waals surface area contributed by atoms with E-state index in [1.807, 2.05) is 12.1 Å². The van der Waals surface area contributed by atoms with Crippen LogP contribution in [0.25, 0.3) is 0 Å². The van der Waals surface area contributed by atoms with Gasteiger partial charge in [0, 0.05) is 18.5 Å². The van der Waals surface area contributed by atoms with Crippen molar-refractivity contribution in [2.75, 3.05) is 12.0 Å². The zero-order valence-corrected chi connectivity index (χ0v) is 15.1. The SMILES string of the molecule is COc1ccccc1N(C(C)=O)c1nc(COC(=O)c2ccc[nH]2)cs1. The second-order valence-electron chi connectivity index (χ2n) is 5.31. The molecule has 0 radical (unpaired) electrons. The molecule has 0 aliphatic carbocycles. The average Bonchev–Trinajstić information content (AvgIpc) is 3.32. The van der Waals surface area contributed by atoms with Crippen molar-refractivity contribution >= 4 is 34.0 Å². The maximum atomic E-state index is 12.2. The van der Waals surface area contributed by atoms with E-state index < -0.39 is 5.97 Å². The van der Waals surface area contributed by atoms with E-state index in [2.05, 4.69) is 9.97 Å². The molecule has 2 aromatic heterocycles. The van der Waals surface area contributed by atoms with E-state index in [-0.39, 0.29) is 12.5 Å². The summed E-state index contributed by atoms with van der Waals surface area (Å²) in [6.45, 7) is 1.48. The molecule has 1 aromatic carbocycles. The lowest BCUT2D eigenvalue weighted by molar-refractivity contribution is -0.115. The molecule has 0 saturated carbocycles. The maximum Gasteiger partial charge on any atom is 0.355 e. The number of carbonyl (C=O) groups excluding carboxylic acids is 2. The van der Waals surface area contributed by atoms with Crippen molar-refractivity contribution in [3.8, 4) is 5.75 Å². The summed E-state index contributed by atoms with van der Waals surface area (Å²) < 4.78 is 10.6. The van der Waals surface area contributed by atoms with Gasteiger partial charge < -0.3 is 14.5 Å². The Balaban J connectivity index is 1.78. The van der Waals surface area contributed by atoms with Crippen molar-refractivity contribution in [2.24, 2.45) is 0 Å². The van der Waals surface area contributed by atoms with E-state index in [0.717, 1.165) is 0 Å². The Morgan fingerprint density at radius 1 is 1.23 bits per heavy atom. The van der Waals surface area contributed by atoms with E-state index in [1.54, 1.807) is 43.0 Å². The predicted octanol–water partition coefficient (Wildman–Crippen LogP) is 3.52. The standard InChI is InChI=1S/C18H17N3O4S/c1-12(22)21(15-7-3-4-8-16(15)24-2)18-20-13(11-26-18)10-25-17(23)14-6-5-9-19-14/h3-9,11,19H,10H2,1-2H3. The molecule has 0 aliphatic rings. The zero-order chi connectivity index (χ0) is 18.5. The second kappa shape index (κ2) is 7.83. The van der Waals surface area contributed by atoms with Gasteiger partial charge >= 0.3 is 5.97 Å². The van der Waals surface area contributed by atoms with E-state index in [0.29, 0.717) is 28.0 Å². The van der Waals surface area contributed by atoms with E-state index in [1.165, 1.54) is 23.2 Å². The van der Waals surface area contributed by atoms with Gasteiger partial charge in [-0.1, -0.05) is 12.1 Å². The van der Waals surface area contributed by atoms with Crippen molar-refractivity contribution in [3.05, 3.63) is 59.4 Å². The highest BCUT2D eigenvalue weighted by atomic mass is 32.1. The van der Waals surface area contributed by atoms with Crippen LogP contribution in [0.2, 0.25) is 0 Å². The van der Waals surface area contributed by atoms with Crippen LogP contribution in [-0.4, -0.2) is 29.0 Å². The number of aromatic nitrogens is 2. The van der Waals surface area contributed by atoms with Gasteiger partial charge in [-0.25, -0.2) is 9.78 Å². The van der Waals surface area contributed by atoms with Crippen LogP contribution in [0, 0.1) is 0 Å². The quantitative estimate of drug-likeness (QED) is 0.670. The molecule has 0 saturated heterocycles. The summed E-state index contributed by atoms with van der Waals surface area (Å²) >= 11 is 1.29. The number of ether oxygens (including phenoxy) is 2. The summed E-state index contributed by atoms with van der Waals surface area (Å²) in [4.78, 5) is 32.7. The number of amides is 1. The van der Waals surface area contributed by atoms with Gasteiger partial charge in [0.05, 0.1) is 18.5 Å². The number of benzene rings is 1. The second-order valence-corrected chi connectivity index (χ2v) is 6.14. The van der Waals surface area contributed by atoms with E-state index >= 15 is 0 Å². The van der Waals surface area contributed by atoms with Gasteiger partial charge in [-0.2, -0.15) is 0 Å². The molecule has 26 heavy (non-hydrogen) atoms. The van der Waals surface area contributed by atoms with Crippen molar-refractivity contribution in [3.63, 3.8) is 0 Å². The lowest BCUT2D eigenvalue weighted by Crippen LogP contribution is -2.23. The highest BCUT2D eigenvalue weighted by Crippen LogP contribution is 2.35. The summed E-state index contributed by atoms with van der Waals surface area (Å²) in [5.74, 6) is -0.0888. The van der Waals surface area contributed by atoms with E-state index in [9.17, 15) is 9.59 Å². The third-order valence-corrected chi connectivity index (χ3v) is 4.42. The van der Waals surface area contributed by atoms with Crippen molar-refractivity contribution in [1.82, 2.24) is 9.97 Å². The molecule has 0 aliphatic heterocycles. The molecule has 0 bridgehead atoms. The van der Waals surface area contributed by atoms with Gasteiger partial charge in [0.25, 0.3) is 0 Å². The summed E-state index contributed by atoms with van der Waals surface area (Å²) in [6.07, 6.45) is 1.65. The molecule has 0 unspecified atom stereocenters. The van der Waals surface area contributed by atoms with Gasteiger partial charge in [0.15, 0.2) is 5.13 Å². The molecule has 2 heterocycles. The zero-order valence-electron chi connectivity index (χ0n) is 14.3. The third kappa shape index (κ3) is 3.75. The Kier molecular flexibility index (Phi) is 5.33. The molecule has 1 N–H and O–H groups in total. The number of carbonyl (C=O) groups is 2. The highest BCUT2D eigenvalue weighted by molar-refractivity contribution is 7.14. The van der Waals surface area contributed by atoms with E-state index in [4.69, 9.17) is 9.47 Å². The summed E-state index contributed by atoms with van der Waals surface area (Å²) in [5, 5.41) is 2.23. The van der Waals surface area contributed by atoms with Gasteiger partial charge in [-0.05, 0) is 24.3 Å². The Hall–Kier alpha value is -3.13. The third-order valence-electron chi connectivity index (χ3n) is 3.54. The molecule has 1 amide bonds. The van der Waals surface area contributed by atoms with Crippen LogP contribution in [0.5, 0.6) is 5.75 Å². The molecule has 8 heteroatoms. The minimum Gasteiger partial charge on any atom is -0.495 e. The Bertz CT molecular complexity index is 905. The Morgan fingerprint density at radius 2 is 2.04 bits per heavy atom. The number of H-pyrrole nitrogens is 1. The molecule has 7 nitrogen and oxygen atoms in total. The van der Waals surface area contributed by atoms with Crippen LogP contribution in [-0.2, 0) is 16.1 Å². The fraction of sp³-hybridized carbons (Fsp3) is 0.167. The number of methoxy groups -OCH3 is 1. The normalized spacial score (nSPS) is 10.4. The molecule has 134 valence electrons. The first-order valence-electron chi connectivity index (χ1n) is 7.78. The lowest BCUT2D eigenvalue weighted by atomic mass is 10.2. The topological polar surface area (TPSA) is 84.5 Å². The van der Waals surface area contributed by atoms with Gasteiger partial charge in [-0.15, -0.1) is 11.3 Å². The Morgan fingerprint density at radius 3 is 2.73 bits per heavy atom. The monoisotopic (exact) mass is 371 g/mol. The number of nitrogens with one attached hydrogen (secondary N) is 1. The number of thiazole rings is 1. The van der Waals surface area contributed by atoms with Crippen molar-refractivity contribution < 1.29 is 19.1 Å². The minimum atomic E-state index is -0.460. The predicted molar refractivity (Wildman–Crippen MR) is 97.8 cm³/mol. The number of hydrogen-bond donors (Lipinski definition) is 1. The summed E-state index contributed by atoms with van der Waals surface area (Å²) in [6, 6.07) is 10.6. The average molecular weight is 371 g/mol. The fourth-order valence-corrected chi connectivity index (χ4v) is 3.23. The summed E-state index contributed by atoms with van der Waals surface area (Å²) in [7, 11) is 1.55. The molecule has 0 fully saturated rings. The van der Waals surface area contributed by atoms with Crippen LogP contribution >= 0.6 is 11.3 Å². The highest BCUT2D eigenvalue weighted by Gasteiger charge is 2.21. The first kappa shape index (κ1) is 17.7. The van der Waals surface area contributed by atoms with Crippen molar-refractivity contribution in [2.45, 2.75) is 13.5 Å². The van der Waals surface area contributed by atoms with Gasteiger partial charge in [-0.3, -0.25) is 9.69 Å². The Labute approximate surface area is 154 Å². The lowest BCUT2D eigenvalue weighted by Gasteiger charge is -2.20. The fourth-order valence-electron chi connectivity index (χ4n) is 2.36. The molecule has 3 aromatic rings. The van der Waals surface area contributed by atoms with Crippen LogP contribution < -0.4 is 9.64 Å². The number of nitrogens with zero attached hydrogens (tertiary/aromatic N) is 2. The molecule has 3 rings (SSSR count). The molecular weight excluding hydrogens is 354 g/mol.